The third kappa shape index (κ3) is 3.70. The lowest BCUT2D eigenvalue weighted by atomic mass is 9.92. The van der Waals surface area contributed by atoms with E-state index in [0.717, 1.165) is 25.7 Å². The van der Waals surface area contributed by atoms with Crippen LogP contribution in [0, 0.1) is 0 Å². The molecule has 8 heteroatoms. The Kier molecular flexibility index (Phi) is 5.27. The van der Waals surface area contributed by atoms with Crippen LogP contribution in [0.15, 0.2) is 29.1 Å². The maximum atomic E-state index is 12.2. The number of rotatable bonds is 6. The highest BCUT2D eigenvalue weighted by atomic mass is 16.5. The molecule has 5 N–H and O–H groups in total. The van der Waals surface area contributed by atoms with E-state index in [9.17, 15) is 24.6 Å². The summed E-state index contributed by atoms with van der Waals surface area (Å²) >= 11 is 0. The number of aromatic amines is 1. The summed E-state index contributed by atoms with van der Waals surface area (Å²) in [4.78, 5) is 37.7. The molecule has 142 valence electrons. The summed E-state index contributed by atoms with van der Waals surface area (Å²) in [6, 6.07) is 6.68. The quantitative estimate of drug-likeness (QED) is 0.610. The fourth-order valence-corrected chi connectivity index (χ4v) is 3.47. The molecule has 0 spiro atoms. The van der Waals surface area contributed by atoms with Crippen molar-refractivity contribution in [3.63, 3.8) is 0 Å². The number of nitrogens with one attached hydrogen (secondary N) is 1. The highest BCUT2D eigenvalue weighted by Crippen LogP contribution is 2.33. The zero-order chi connectivity index (χ0) is 19.6. The predicted octanol–water partition coefficient (Wildman–Crippen LogP) is 2.48. The number of benzene rings is 1. The molecule has 1 aliphatic carbocycles. The van der Waals surface area contributed by atoms with E-state index in [1.165, 1.54) is 0 Å². The summed E-state index contributed by atoms with van der Waals surface area (Å²) in [5.74, 6) is -3.34. The molecule has 0 atom stereocenters. The van der Waals surface area contributed by atoms with E-state index < -0.39 is 28.6 Å². The van der Waals surface area contributed by atoms with Gasteiger partial charge in [-0.1, -0.05) is 37.1 Å². The highest BCUT2D eigenvalue weighted by Gasteiger charge is 2.28. The smallest absolute Gasteiger partial charge is 0.342 e. The van der Waals surface area contributed by atoms with Crippen LogP contribution in [-0.4, -0.2) is 33.2 Å². The molecule has 0 aliphatic heterocycles. The van der Waals surface area contributed by atoms with Crippen LogP contribution in [0.5, 0.6) is 0 Å². The average molecular weight is 372 g/mol. The Bertz CT molecular complexity index is 944. The fourth-order valence-electron chi connectivity index (χ4n) is 3.47. The van der Waals surface area contributed by atoms with Gasteiger partial charge < -0.3 is 25.7 Å². The number of hydrogen-bond acceptors (Lipinski definition) is 5. The average Bonchev–Trinajstić information content (AvgIpc) is 3.12. The lowest BCUT2D eigenvalue weighted by Crippen LogP contribution is -2.24. The number of hydrogen-bond donors (Lipinski definition) is 4. The molecule has 1 aliphatic rings. The van der Waals surface area contributed by atoms with Gasteiger partial charge in [0, 0.05) is 5.56 Å². The minimum Gasteiger partial charge on any atom is -0.478 e. The zero-order valence-corrected chi connectivity index (χ0v) is 14.5. The van der Waals surface area contributed by atoms with Gasteiger partial charge in [0.1, 0.15) is 16.9 Å². The molecule has 3 rings (SSSR count). The molecule has 2 aromatic rings. The van der Waals surface area contributed by atoms with Gasteiger partial charge in [-0.2, -0.15) is 0 Å². The van der Waals surface area contributed by atoms with E-state index in [1.54, 1.807) is 24.3 Å². The molecule has 1 fully saturated rings. The van der Waals surface area contributed by atoms with Gasteiger partial charge in [0.05, 0.1) is 12.7 Å². The number of nitrogens with two attached hydrogens (primary N) is 1. The second-order valence-electron chi connectivity index (χ2n) is 6.48. The van der Waals surface area contributed by atoms with Crippen molar-refractivity contribution in [1.82, 2.24) is 4.98 Å². The molecule has 1 aromatic heterocycles. The van der Waals surface area contributed by atoms with Gasteiger partial charge in [0.15, 0.2) is 0 Å². The van der Waals surface area contributed by atoms with Crippen LogP contribution in [0.1, 0.15) is 52.0 Å². The van der Waals surface area contributed by atoms with Crippen LogP contribution < -0.4 is 11.3 Å². The minimum absolute atomic E-state index is 0.125. The number of aromatic nitrogens is 1. The lowest BCUT2D eigenvalue weighted by molar-refractivity contribution is 0.0459. The molecule has 1 saturated carbocycles. The molecule has 0 bridgehead atoms. The number of aromatic carboxylic acids is 2. The summed E-state index contributed by atoms with van der Waals surface area (Å²) in [6.07, 6.45) is 4.24. The number of H-pyrrole nitrogens is 1. The van der Waals surface area contributed by atoms with E-state index >= 15 is 0 Å². The Balaban J connectivity index is 2.17. The van der Waals surface area contributed by atoms with E-state index in [1.807, 2.05) is 0 Å². The molecule has 1 heterocycles. The predicted molar refractivity (Wildman–Crippen MR) is 97.9 cm³/mol. The van der Waals surface area contributed by atoms with Gasteiger partial charge in [0.25, 0.3) is 5.56 Å². The van der Waals surface area contributed by atoms with Gasteiger partial charge in [-0.05, 0) is 24.0 Å². The first kappa shape index (κ1) is 18.7. The van der Waals surface area contributed by atoms with Crippen molar-refractivity contribution in [3.05, 3.63) is 51.3 Å². The lowest BCUT2D eigenvalue weighted by Gasteiger charge is -2.17. The molecule has 0 amide bonds. The van der Waals surface area contributed by atoms with Crippen molar-refractivity contribution in [2.75, 3.05) is 5.73 Å². The Morgan fingerprint density at radius 1 is 1.11 bits per heavy atom. The standard InChI is InChI=1S/C19H20N2O6/c20-16-14(18(23)24)13(15(19(25)26)17(22)21-16)12-8-4-1-5-10(12)9-27-11-6-2-3-7-11/h1,4-5,8,11H,2-3,6-7,9H2,(H,23,24)(H,25,26)(H3,20,21,22). The molecule has 1 aromatic carbocycles. The molecular weight excluding hydrogens is 352 g/mol. The molecule has 0 unspecified atom stereocenters. The molecule has 8 nitrogen and oxygen atoms in total. The molecular formula is C19H20N2O6. The highest BCUT2D eigenvalue weighted by molar-refractivity contribution is 6.07. The van der Waals surface area contributed by atoms with Gasteiger partial charge in [-0.3, -0.25) is 4.79 Å². The number of carboxylic acid groups (broad SMARTS) is 2. The molecule has 27 heavy (non-hydrogen) atoms. The first-order valence-corrected chi connectivity index (χ1v) is 8.62. The Morgan fingerprint density at radius 2 is 1.74 bits per heavy atom. The maximum absolute atomic E-state index is 12.2. The summed E-state index contributed by atoms with van der Waals surface area (Å²) in [6.45, 7) is 0.186. The fraction of sp³-hybridized carbons (Fsp3) is 0.316. The van der Waals surface area contributed by atoms with Crippen LogP contribution in [-0.2, 0) is 11.3 Å². The second kappa shape index (κ2) is 7.63. The van der Waals surface area contributed by atoms with Crippen molar-refractivity contribution in [2.45, 2.75) is 38.4 Å². The second-order valence-corrected chi connectivity index (χ2v) is 6.48. The SMILES string of the molecule is Nc1[nH]c(=O)c(C(=O)O)c(-c2ccccc2COC2CCCC2)c1C(=O)O. The van der Waals surface area contributed by atoms with Gasteiger partial charge in [-0.25, -0.2) is 9.59 Å². The van der Waals surface area contributed by atoms with E-state index in [4.69, 9.17) is 10.5 Å². The van der Waals surface area contributed by atoms with E-state index in [0.29, 0.717) is 11.1 Å². The molecule has 0 saturated heterocycles. The van der Waals surface area contributed by atoms with Crippen LogP contribution >= 0.6 is 0 Å². The summed E-state index contributed by atoms with van der Waals surface area (Å²) in [7, 11) is 0. The summed E-state index contributed by atoms with van der Waals surface area (Å²) in [5.41, 5.74) is 4.34. The number of carboxylic acids is 2. The number of nitrogen functional groups attached to an aromatic ring is 1. The van der Waals surface area contributed by atoms with Gasteiger partial charge >= 0.3 is 11.9 Å². The summed E-state index contributed by atoms with van der Waals surface area (Å²) < 4.78 is 5.90. The third-order valence-corrected chi connectivity index (χ3v) is 4.74. The number of anilines is 1. The van der Waals surface area contributed by atoms with Crippen LogP contribution in [0.2, 0.25) is 0 Å². The zero-order valence-electron chi connectivity index (χ0n) is 14.5. The van der Waals surface area contributed by atoms with Crippen molar-refractivity contribution >= 4 is 17.8 Å². The topological polar surface area (TPSA) is 143 Å². The van der Waals surface area contributed by atoms with Crippen LogP contribution in [0.3, 0.4) is 0 Å². The summed E-state index contributed by atoms with van der Waals surface area (Å²) in [5, 5.41) is 19.1. The van der Waals surface area contributed by atoms with Gasteiger partial charge in [0.2, 0.25) is 0 Å². The Morgan fingerprint density at radius 3 is 2.37 bits per heavy atom. The van der Waals surface area contributed by atoms with E-state index in [2.05, 4.69) is 4.98 Å². The largest absolute Gasteiger partial charge is 0.478 e. The molecule has 0 radical (unpaired) electrons. The Hall–Kier alpha value is -3.13. The van der Waals surface area contributed by atoms with Crippen LogP contribution in [0.25, 0.3) is 11.1 Å². The first-order valence-electron chi connectivity index (χ1n) is 8.62. The number of carbonyl (C=O) groups is 2. The van der Waals surface area contributed by atoms with Crippen molar-refractivity contribution < 1.29 is 24.5 Å². The van der Waals surface area contributed by atoms with Crippen molar-refractivity contribution in [3.8, 4) is 11.1 Å². The van der Waals surface area contributed by atoms with Crippen molar-refractivity contribution in [2.24, 2.45) is 0 Å². The Labute approximate surface area is 154 Å². The van der Waals surface area contributed by atoms with Crippen molar-refractivity contribution in [1.29, 1.82) is 0 Å². The normalized spacial score (nSPS) is 14.4. The number of pyridine rings is 1. The third-order valence-electron chi connectivity index (χ3n) is 4.74. The minimum atomic E-state index is -1.53. The number of ether oxygens (including phenoxy) is 1. The van der Waals surface area contributed by atoms with Crippen LogP contribution in [0.4, 0.5) is 5.82 Å². The van der Waals surface area contributed by atoms with Gasteiger partial charge in [-0.15, -0.1) is 0 Å². The monoisotopic (exact) mass is 372 g/mol. The first-order chi connectivity index (χ1) is 12.9. The van der Waals surface area contributed by atoms with E-state index in [-0.39, 0.29) is 24.1 Å². The maximum Gasteiger partial charge on any atom is 0.342 e.